The van der Waals surface area contributed by atoms with E-state index >= 15 is 0 Å². The molecule has 2 N–H and O–H groups in total. The van der Waals surface area contributed by atoms with Gasteiger partial charge in [0.1, 0.15) is 11.8 Å². The lowest BCUT2D eigenvalue weighted by atomic mass is 10.1. The van der Waals surface area contributed by atoms with Gasteiger partial charge in [0.05, 0.1) is 0 Å². The summed E-state index contributed by atoms with van der Waals surface area (Å²) in [5.41, 5.74) is 0. The fourth-order valence-electron chi connectivity index (χ4n) is 1.92. The number of nitrogens with one attached hydrogen (secondary N) is 2. The number of carbonyl (C=O) groups excluding carboxylic acids is 3. The summed E-state index contributed by atoms with van der Waals surface area (Å²) in [5, 5.41) is 5.25. The van der Waals surface area contributed by atoms with Gasteiger partial charge in [0.25, 0.3) is 5.91 Å². The minimum Gasteiger partial charge on any atom is -0.481 e. The fourth-order valence-corrected chi connectivity index (χ4v) is 2.10. The number of halogens is 1. The van der Waals surface area contributed by atoms with Crippen LogP contribution >= 0.6 is 11.6 Å². The maximum Gasteiger partial charge on any atom is 0.261 e. The summed E-state index contributed by atoms with van der Waals surface area (Å²) >= 11 is 5.83. The lowest BCUT2D eigenvalue weighted by Gasteiger charge is -2.23. The van der Waals surface area contributed by atoms with Crippen molar-refractivity contribution in [3.05, 3.63) is 29.3 Å². The van der Waals surface area contributed by atoms with Gasteiger partial charge >= 0.3 is 0 Å². The van der Waals surface area contributed by atoms with Gasteiger partial charge in [-0.15, -0.1) is 0 Å². The first-order valence-corrected chi connectivity index (χ1v) is 6.90. The third kappa shape index (κ3) is 4.19. The van der Waals surface area contributed by atoms with E-state index in [2.05, 4.69) is 10.6 Å². The number of carbonyl (C=O) groups is 3. The zero-order chi connectivity index (χ0) is 15.4. The molecule has 1 aromatic rings. The second-order valence-corrected chi connectivity index (χ2v) is 5.17. The van der Waals surface area contributed by atoms with Gasteiger partial charge in [0, 0.05) is 11.4 Å². The molecule has 1 fully saturated rings. The van der Waals surface area contributed by atoms with E-state index in [4.69, 9.17) is 16.3 Å². The van der Waals surface area contributed by atoms with Crippen LogP contribution in [-0.4, -0.2) is 29.9 Å². The van der Waals surface area contributed by atoms with Gasteiger partial charge in [-0.05, 0) is 31.5 Å². The van der Waals surface area contributed by atoms with Gasteiger partial charge in [0.15, 0.2) is 6.10 Å². The average Bonchev–Trinajstić information content (AvgIpc) is 2.41. The van der Waals surface area contributed by atoms with Gasteiger partial charge < -0.3 is 10.1 Å². The SMILES string of the molecule is CC(Oc1cccc(Cl)c1)C(=O)NC1CCC(=O)NC1=O. The third-order valence-corrected chi connectivity index (χ3v) is 3.27. The molecule has 2 rings (SSSR count). The molecule has 112 valence electrons. The Hall–Kier alpha value is -2.08. The minimum absolute atomic E-state index is 0.209. The van der Waals surface area contributed by atoms with Crippen LogP contribution in [-0.2, 0) is 14.4 Å². The number of amides is 3. The zero-order valence-electron chi connectivity index (χ0n) is 11.4. The van der Waals surface area contributed by atoms with Crippen molar-refractivity contribution >= 4 is 29.3 Å². The molecule has 1 heterocycles. The maximum atomic E-state index is 12.0. The largest absolute Gasteiger partial charge is 0.481 e. The Kier molecular flexibility index (Phi) is 4.80. The molecule has 2 unspecified atom stereocenters. The van der Waals surface area contributed by atoms with Crippen LogP contribution in [0.1, 0.15) is 19.8 Å². The Balaban J connectivity index is 1.90. The molecule has 0 bridgehead atoms. The van der Waals surface area contributed by atoms with Gasteiger partial charge in [-0.3, -0.25) is 19.7 Å². The average molecular weight is 311 g/mol. The molecular formula is C14H15ClN2O4. The van der Waals surface area contributed by atoms with Crippen molar-refractivity contribution < 1.29 is 19.1 Å². The van der Waals surface area contributed by atoms with Gasteiger partial charge in [0.2, 0.25) is 11.8 Å². The van der Waals surface area contributed by atoms with E-state index in [9.17, 15) is 14.4 Å². The number of benzene rings is 1. The first kappa shape index (κ1) is 15.3. The molecule has 1 aromatic carbocycles. The van der Waals surface area contributed by atoms with Crippen molar-refractivity contribution in [2.45, 2.75) is 31.9 Å². The molecule has 1 saturated heterocycles. The van der Waals surface area contributed by atoms with Crippen molar-refractivity contribution in [1.29, 1.82) is 0 Å². The molecule has 21 heavy (non-hydrogen) atoms. The highest BCUT2D eigenvalue weighted by Crippen LogP contribution is 2.18. The molecule has 0 spiro atoms. The quantitative estimate of drug-likeness (QED) is 0.814. The third-order valence-electron chi connectivity index (χ3n) is 3.03. The van der Waals surface area contributed by atoms with Crippen LogP contribution in [0, 0.1) is 0 Å². The predicted octanol–water partition coefficient (Wildman–Crippen LogP) is 1.03. The van der Waals surface area contributed by atoms with E-state index in [0.29, 0.717) is 17.2 Å². The van der Waals surface area contributed by atoms with E-state index < -0.39 is 24.0 Å². The summed E-state index contributed by atoms with van der Waals surface area (Å²) in [7, 11) is 0. The van der Waals surface area contributed by atoms with Crippen LogP contribution in [0.2, 0.25) is 5.02 Å². The summed E-state index contributed by atoms with van der Waals surface area (Å²) in [4.78, 5) is 34.6. The number of rotatable bonds is 4. The summed E-state index contributed by atoms with van der Waals surface area (Å²) in [6.07, 6.45) is -0.283. The normalized spacial score (nSPS) is 19.6. The van der Waals surface area contributed by atoms with Crippen LogP contribution in [0.5, 0.6) is 5.75 Å². The Morgan fingerprint density at radius 3 is 2.90 bits per heavy atom. The second kappa shape index (κ2) is 6.58. The van der Waals surface area contributed by atoms with Gasteiger partial charge in [-0.2, -0.15) is 0 Å². The molecule has 0 aliphatic carbocycles. The van der Waals surface area contributed by atoms with Crippen molar-refractivity contribution in [2.24, 2.45) is 0 Å². The van der Waals surface area contributed by atoms with Gasteiger partial charge in [-0.25, -0.2) is 0 Å². The number of ether oxygens (including phenoxy) is 1. The molecule has 7 heteroatoms. The molecule has 0 aromatic heterocycles. The highest BCUT2D eigenvalue weighted by atomic mass is 35.5. The summed E-state index contributed by atoms with van der Waals surface area (Å²) in [6.45, 7) is 1.57. The van der Waals surface area contributed by atoms with E-state index in [1.165, 1.54) is 0 Å². The maximum absolute atomic E-state index is 12.0. The Bertz CT molecular complexity index is 576. The molecule has 2 atom stereocenters. The van der Waals surface area contributed by atoms with Crippen molar-refractivity contribution in [3.63, 3.8) is 0 Å². The number of hydrogen-bond donors (Lipinski definition) is 2. The Morgan fingerprint density at radius 2 is 2.24 bits per heavy atom. The van der Waals surface area contributed by atoms with Crippen LogP contribution in [0.15, 0.2) is 24.3 Å². The van der Waals surface area contributed by atoms with E-state index in [0.717, 1.165) is 0 Å². The molecule has 3 amide bonds. The summed E-state index contributed by atoms with van der Waals surface area (Å²) in [5.74, 6) is -0.777. The van der Waals surface area contributed by atoms with E-state index in [1.54, 1.807) is 31.2 Å². The second-order valence-electron chi connectivity index (χ2n) is 4.73. The first-order valence-electron chi connectivity index (χ1n) is 6.52. The smallest absolute Gasteiger partial charge is 0.261 e. The van der Waals surface area contributed by atoms with Crippen molar-refractivity contribution in [1.82, 2.24) is 10.6 Å². The molecule has 6 nitrogen and oxygen atoms in total. The van der Waals surface area contributed by atoms with Gasteiger partial charge in [-0.1, -0.05) is 17.7 Å². The standard InChI is InChI=1S/C14H15ClN2O4/c1-8(21-10-4-2-3-9(15)7-10)13(19)16-11-5-6-12(18)17-14(11)20/h2-4,7-8,11H,5-6H2,1H3,(H,16,19)(H,17,18,20). The number of piperidine rings is 1. The highest BCUT2D eigenvalue weighted by Gasteiger charge is 2.29. The Labute approximate surface area is 126 Å². The van der Waals surface area contributed by atoms with Crippen LogP contribution in [0.3, 0.4) is 0 Å². The molecule has 1 aliphatic rings. The Morgan fingerprint density at radius 1 is 1.48 bits per heavy atom. The topological polar surface area (TPSA) is 84.5 Å². The highest BCUT2D eigenvalue weighted by molar-refractivity contribution is 6.30. The molecule has 0 saturated carbocycles. The lowest BCUT2D eigenvalue weighted by molar-refractivity contribution is -0.138. The summed E-state index contributed by atoms with van der Waals surface area (Å²) < 4.78 is 5.46. The minimum atomic E-state index is -0.783. The van der Waals surface area contributed by atoms with Crippen molar-refractivity contribution in [3.8, 4) is 5.75 Å². The van der Waals surface area contributed by atoms with E-state index in [1.807, 2.05) is 0 Å². The van der Waals surface area contributed by atoms with Crippen LogP contribution in [0.4, 0.5) is 0 Å². The van der Waals surface area contributed by atoms with Crippen molar-refractivity contribution in [2.75, 3.05) is 0 Å². The number of hydrogen-bond acceptors (Lipinski definition) is 4. The molecule has 1 aliphatic heterocycles. The predicted molar refractivity (Wildman–Crippen MR) is 75.9 cm³/mol. The molecular weight excluding hydrogens is 296 g/mol. The van der Waals surface area contributed by atoms with E-state index in [-0.39, 0.29) is 12.3 Å². The number of imide groups is 1. The first-order chi connectivity index (χ1) is 9.95. The monoisotopic (exact) mass is 310 g/mol. The lowest BCUT2D eigenvalue weighted by Crippen LogP contribution is -2.54. The van der Waals surface area contributed by atoms with Crippen LogP contribution < -0.4 is 15.4 Å². The summed E-state index contributed by atoms with van der Waals surface area (Å²) in [6, 6.07) is 5.98. The zero-order valence-corrected chi connectivity index (χ0v) is 12.1. The fraction of sp³-hybridized carbons (Fsp3) is 0.357. The van der Waals surface area contributed by atoms with Crippen LogP contribution in [0.25, 0.3) is 0 Å². The molecule has 0 radical (unpaired) electrons.